The molecule has 2 unspecified atom stereocenters. The molecular formula is C12H16BrNOS. The van der Waals surface area contributed by atoms with E-state index in [1.807, 2.05) is 16.2 Å². The number of nitrogens with zero attached hydrogens (tertiary/aromatic N) is 1. The lowest BCUT2D eigenvalue weighted by atomic mass is 10.1. The molecule has 4 heteroatoms. The van der Waals surface area contributed by atoms with Crippen molar-refractivity contribution in [3.8, 4) is 0 Å². The molecular weight excluding hydrogens is 286 g/mol. The molecule has 0 bridgehead atoms. The van der Waals surface area contributed by atoms with Gasteiger partial charge in [-0.3, -0.25) is 4.79 Å². The van der Waals surface area contributed by atoms with Crippen molar-refractivity contribution in [2.24, 2.45) is 0 Å². The highest BCUT2D eigenvalue weighted by Gasteiger charge is 2.33. The van der Waals surface area contributed by atoms with E-state index in [1.165, 1.54) is 15.3 Å². The molecule has 2 rings (SSSR count). The second kappa shape index (κ2) is 4.49. The molecule has 0 N–H and O–H groups in total. The van der Waals surface area contributed by atoms with Gasteiger partial charge in [-0.2, -0.15) is 0 Å². The summed E-state index contributed by atoms with van der Waals surface area (Å²) in [6.45, 7) is 7.24. The summed E-state index contributed by atoms with van der Waals surface area (Å²) in [5, 5.41) is 0. The highest BCUT2D eigenvalue weighted by atomic mass is 79.9. The van der Waals surface area contributed by atoms with Crippen molar-refractivity contribution in [3.63, 3.8) is 0 Å². The minimum Gasteiger partial charge on any atom is -0.335 e. The minimum atomic E-state index is 0.0231. The van der Waals surface area contributed by atoms with Crippen molar-refractivity contribution in [1.29, 1.82) is 0 Å². The number of amides is 1. The fraction of sp³-hybridized carbons (Fsp3) is 0.583. The van der Waals surface area contributed by atoms with E-state index in [0.29, 0.717) is 0 Å². The first-order chi connectivity index (χ1) is 7.50. The van der Waals surface area contributed by atoms with Crippen LogP contribution in [-0.4, -0.2) is 22.2 Å². The smallest absolute Gasteiger partial charge is 0.236 e. The zero-order chi connectivity index (χ0) is 11.9. The van der Waals surface area contributed by atoms with Gasteiger partial charge in [0.2, 0.25) is 5.91 Å². The number of rotatable bonds is 2. The Kier molecular flexibility index (Phi) is 3.40. The Morgan fingerprint density at radius 3 is 2.69 bits per heavy atom. The van der Waals surface area contributed by atoms with Crippen LogP contribution in [0.1, 0.15) is 34.7 Å². The number of carbonyl (C=O) groups excluding carboxylic acids is 1. The molecule has 1 aliphatic rings. The molecule has 1 aliphatic heterocycles. The van der Waals surface area contributed by atoms with Crippen molar-refractivity contribution in [2.45, 2.75) is 38.1 Å². The van der Waals surface area contributed by atoms with E-state index in [9.17, 15) is 4.79 Å². The number of halogens is 1. The Morgan fingerprint density at radius 1 is 1.56 bits per heavy atom. The van der Waals surface area contributed by atoms with E-state index in [-0.39, 0.29) is 16.8 Å². The third-order valence-corrected chi connectivity index (χ3v) is 5.00. The highest BCUT2D eigenvalue weighted by Crippen LogP contribution is 2.33. The van der Waals surface area contributed by atoms with Gasteiger partial charge < -0.3 is 4.90 Å². The maximum Gasteiger partial charge on any atom is 0.236 e. The number of hydrogen-bond donors (Lipinski definition) is 0. The monoisotopic (exact) mass is 301 g/mol. The molecule has 0 radical (unpaired) electrons. The fourth-order valence-electron chi connectivity index (χ4n) is 2.28. The average molecular weight is 302 g/mol. The summed E-state index contributed by atoms with van der Waals surface area (Å²) in [7, 11) is 0. The lowest BCUT2D eigenvalue weighted by Gasteiger charge is -2.24. The fourth-order valence-corrected chi connectivity index (χ4v) is 3.77. The molecule has 2 heterocycles. The Labute approximate surface area is 109 Å². The molecule has 1 aromatic rings. The van der Waals surface area contributed by atoms with E-state index in [0.717, 1.165) is 13.0 Å². The van der Waals surface area contributed by atoms with Crippen LogP contribution in [0.5, 0.6) is 0 Å². The maximum atomic E-state index is 11.9. The second-order valence-corrected chi connectivity index (χ2v) is 6.90. The van der Waals surface area contributed by atoms with Crippen LogP contribution in [0.4, 0.5) is 0 Å². The first-order valence-corrected chi connectivity index (χ1v) is 7.25. The van der Waals surface area contributed by atoms with Crippen LogP contribution in [0.3, 0.4) is 0 Å². The summed E-state index contributed by atoms with van der Waals surface area (Å²) >= 11 is 5.23. The first-order valence-electron chi connectivity index (χ1n) is 5.52. The SMILES string of the molecule is Cc1cc(C(C)N2CCC(Br)C2=O)c(C)s1. The third kappa shape index (κ3) is 2.05. The van der Waals surface area contributed by atoms with Crippen molar-refractivity contribution in [1.82, 2.24) is 4.90 Å². The van der Waals surface area contributed by atoms with Gasteiger partial charge in [0.25, 0.3) is 0 Å². The van der Waals surface area contributed by atoms with Crippen molar-refractivity contribution >= 4 is 33.2 Å². The molecule has 0 saturated carbocycles. The molecule has 1 aromatic heterocycles. The Hall–Kier alpha value is -0.350. The number of carbonyl (C=O) groups is 1. The third-order valence-electron chi connectivity index (χ3n) is 3.17. The van der Waals surface area contributed by atoms with Crippen molar-refractivity contribution in [2.75, 3.05) is 6.54 Å². The number of thiophene rings is 1. The average Bonchev–Trinajstić information content (AvgIpc) is 2.71. The summed E-state index contributed by atoms with van der Waals surface area (Å²) in [6, 6.07) is 2.42. The van der Waals surface area contributed by atoms with Crippen LogP contribution < -0.4 is 0 Å². The van der Waals surface area contributed by atoms with Crippen LogP contribution in [0, 0.1) is 13.8 Å². The van der Waals surface area contributed by atoms with E-state index in [4.69, 9.17) is 0 Å². The van der Waals surface area contributed by atoms with Gasteiger partial charge in [0.05, 0.1) is 10.9 Å². The molecule has 1 amide bonds. The van der Waals surface area contributed by atoms with E-state index in [2.05, 4.69) is 42.8 Å². The van der Waals surface area contributed by atoms with E-state index < -0.39 is 0 Å². The molecule has 88 valence electrons. The molecule has 1 saturated heterocycles. The van der Waals surface area contributed by atoms with Gasteiger partial charge in [-0.05, 0) is 38.8 Å². The maximum absolute atomic E-state index is 11.9. The largest absolute Gasteiger partial charge is 0.335 e. The molecule has 0 spiro atoms. The molecule has 1 fully saturated rings. The van der Waals surface area contributed by atoms with Gasteiger partial charge in [0, 0.05) is 16.3 Å². The molecule has 2 atom stereocenters. The van der Waals surface area contributed by atoms with Crippen LogP contribution in [0.25, 0.3) is 0 Å². The summed E-state index contributed by atoms with van der Waals surface area (Å²) in [4.78, 5) is 16.6. The van der Waals surface area contributed by atoms with Crippen LogP contribution in [0.15, 0.2) is 6.07 Å². The number of likely N-dealkylation sites (tertiary alicyclic amines) is 1. The summed E-state index contributed by atoms with van der Waals surface area (Å²) in [5.41, 5.74) is 1.30. The molecule has 2 nitrogen and oxygen atoms in total. The van der Waals surface area contributed by atoms with Gasteiger partial charge in [-0.1, -0.05) is 15.9 Å². The van der Waals surface area contributed by atoms with Gasteiger partial charge in [0.1, 0.15) is 0 Å². The topological polar surface area (TPSA) is 20.3 Å². The Balaban J connectivity index is 2.22. The van der Waals surface area contributed by atoms with Crippen LogP contribution in [0.2, 0.25) is 0 Å². The summed E-state index contributed by atoms with van der Waals surface area (Å²) < 4.78 is 0. The van der Waals surface area contributed by atoms with Crippen molar-refractivity contribution in [3.05, 3.63) is 21.4 Å². The lowest BCUT2D eigenvalue weighted by Crippen LogP contribution is -2.30. The van der Waals surface area contributed by atoms with Crippen LogP contribution >= 0.6 is 27.3 Å². The van der Waals surface area contributed by atoms with E-state index in [1.54, 1.807) is 0 Å². The first kappa shape index (κ1) is 12.1. The van der Waals surface area contributed by atoms with Gasteiger partial charge in [-0.15, -0.1) is 11.3 Å². The second-order valence-electron chi connectivity index (χ2n) is 4.33. The predicted molar refractivity (Wildman–Crippen MR) is 71.3 cm³/mol. The number of alkyl halides is 1. The zero-order valence-electron chi connectivity index (χ0n) is 9.79. The zero-order valence-corrected chi connectivity index (χ0v) is 12.2. The Bertz CT molecular complexity index is 415. The van der Waals surface area contributed by atoms with Crippen molar-refractivity contribution < 1.29 is 4.79 Å². The quantitative estimate of drug-likeness (QED) is 0.767. The highest BCUT2D eigenvalue weighted by molar-refractivity contribution is 9.10. The van der Waals surface area contributed by atoms with Gasteiger partial charge >= 0.3 is 0 Å². The van der Waals surface area contributed by atoms with E-state index >= 15 is 0 Å². The normalized spacial score (nSPS) is 22.9. The molecule has 16 heavy (non-hydrogen) atoms. The van der Waals surface area contributed by atoms with Gasteiger partial charge in [0.15, 0.2) is 0 Å². The molecule has 0 aliphatic carbocycles. The number of hydrogen-bond acceptors (Lipinski definition) is 2. The predicted octanol–water partition coefficient (Wildman–Crippen LogP) is 3.42. The van der Waals surface area contributed by atoms with Crippen LogP contribution in [-0.2, 0) is 4.79 Å². The standard InChI is InChI=1S/C12H16BrNOS/c1-7-6-10(9(3)16-7)8(2)14-5-4-11(13)12(14)15/h6,8,11H,4-5H2,1-3H3. The summed E-state index contributed by atoms with van der Waals surface area (Å²) in [5.74, 6) is 0.232. The van der Waals surface area contributed by atoms with Gasteiger partial charge in [-0.25, -0.2) is 0 Å². The summed E-state index contributed by atoms with van der Waals surface area (Å²) in [6.07, 6.45) is 0.922. The molecule has 0 aromatic carbocycles. The number of aryl methyl sites for hydroxylation is 2. The minimum absolute atomic E-state index is 0.0231. The Morgan fingerprint density at radius 2 is 2.25 bits per heavy atom. The lowest BCUT2D eigenvalue weighted by molar-refractivity contribution is -0.128.